The van der Waals surface area contributed by atoms with E-state index in [9.17, 15) is 19.2 Å². The van der Waals surface area contributed by atoms with E-state index >= 15 is 0 Å². The number of imide groups is 2. The maximum Gasteiger partial charge on any atom is 0.282 e. The average Bonchev–Trinajstić information content (AvgIpc) is 2.62. The average molecular weight is 236 g/mol. The van der Waals surface area contributed by atoms with E-state index in [2.05, 4.69) is 13.2 Å². The van der Waals surface area contributed by atoms with Gasteiger partial charge in [0.15, 0.2) is 0 Å². The van der Waals surface area contributed by atoms with E-state index in [1.807, 2.05) is 0 Å². The van der Waals surface area contributed by atoms with Gasteiger partial charge in [0, 0.05) is 11.1 Å². The number of carbonyl (C=O) groups is 4. The highest BCUT2D eigenvalue weighted by atomic mass is 16.9. The van der Waals surface area contributed by atoms with Crippen LogP contribution >= 0.6 is 0 Å². The SMILES string of the molecule is C=C1CC(=O)N(ON2C(=O)CC(=C)C2=O)C1=O. The van der Waals surface area contributed by atoms with Gasteiger partial charge in [-0.1, -0.05) is 13.2 Å². The molecule has 4 amide bonds. The van der Waals surface area contributed by atoms with Gasteiger partial charge >= 0.3 is 0 Å². The molecule has 0 spiro atoms. The van der Waals surface area contributed by atoms with Gasteiger partial charge in [0.25, 0.3) is 23.6 Å². The highest BCUT2D eigenvalue weighted by Crippen LogP contribution is 2.22. The Kier molecular flexibility index (Phi) is 2.40. The van der Waals surface area contributed by atoms with Gasteiger partial charge in [-0.05, 0) is 0 Å². The third-order valence-corrected chi connectivity index (χ3v) is 2.32. The molecular formula is C10H8N2O5. The van der Waals surface area contributed by atoms with Crippen LogP contribution in [0, 0.1) is 0 Å². The van der Waals surface area contributed by atoms with E-state index in [-0.39, 0.29) is 24.0 Å². The summed E-state index contributed by atoms with van der Waals surface area (Å²) >= 11 is 0. The summed E-state index contributed by atoms with van der Waals surface area (Å²) in [6.45, 7) is 6.73. The lowest BCUT2D eigenvalue weighted by atomic mass is 10.3. The first-order chi connectivity index (χ1) is 7.91. The van der Waals surface area contributed by atoms with Crippen LogP contribution < -0.4 is 0 Å². The zero-order valence-electron chi connectivity index (χ0n) is 8.76. The van der Waals surface area contributed by atoms with E-state index in [4.69, 9.17) is 4.94 Å². The number of hydrogen-bond acceptors (Lipinski definition) is 5. The predicted octanol–water partition coefficient (Wildman–Crippen LogP) is -0.537. The van der Waals surface area contributed by atoms with Crippen molar-refractivity contribution >= 4 is 23.6 Å². The molecule has 0 aliphatic carbocycles. The van der Waals surface area contributed by atoms with Crippen LogP contribution in [0.1, 0.15) is 12.8 Å². The van der Waals surface area contributed by atoms with Crippen LogP contribution in [0.25, 0.3) is 0 Å². The molecule has 0 atom stereocenters. The van der Waals surface area contributed by atoms with Crippen LogP contribution in [0.5, 0.6) is 0 Å². The van der Waals surface area contributed by atoms with E-state index in [0.717, 1.165) is 0 Å². The molecule has 0 aromatic carbocycles. The van der Waals surface area contributed by atoms with Gasteiger partial charge in [-0.15, -0.1) is 15.1 Å². The lowest BCUT2D eigenvalue weighted by Gasteiger charge is -2.18. The fraction of sp³-hybridized carbons (Fsp3) is 0.200. The Morgan fingerprint density at radius 3 is 1.41 bits per heavy atom. The molecule has 2 aliphatic heterocycles. The summed E-state index contributed by atoms with van der Waals surface area (Å²) in [4.78, 5) is 50.2. The topological polar surface area (TPSA) is 84.0 Å². The molecule has 0 N–H and O–H groups in total. The molecule has 2 saturated heterocycles. The minimum atomic E-state index is -0.756. The van der Waals surface area contributed by atoms with Crippen molar-refractivity contribution in [2.45, 2.75) is 12.8 Å². The monoisotopic (exact) mass is 236 g/mol. The van der Waals surface area contributed by atoms with Crippen molar-refractivity contribution in [1.82, 2.24) is 10.1 Å². The van der Waals surface area contributed by atoms with E-state index in [1.165, 1.54) is 0 Å². The maximum absolute atomic E-state index is 11.4. The lowest BCUT2D eigenvalue weighted by molar-refractivity contribution is -0.267. The van der Waals surface area contributed by atoms with Gasteiger partial charge in [-0.2, -0.15) is 0 Å². The number of amides is 4. The normalized spacial score (nSPS) is 21.2. The summed E-state index contributed by atoms with van der Waals surface area (Å²) in [7, 11) is 0. The molecular weight excluding hydrogens is 228 g/mol. The highest BCUT2D eigenvalue weighted by molar-refractivity contribution is 6.14. The van der Waals surface area contributed by atoms with Gasteiger partial charge in [-0.25, -0.2) is 0 Å². The Morgan fingerprint density at radius 2 is 1.18 bits per heavy atom. The van der Waals surface area contributed by atoms with Gasteiger partial charge in [-0.3, -0.25) is 19.2 Å². The minimum absolute atomic E-state index is 0.0490. The van der Waals surface area contributed by atoms with Gasteiger partial charge in [0.1, 0.15) is 0 Å². The molecule has 2 heterocycles. The largest absolute Gasteiger partial charge is 0.282 e. The quantitative estimate of drug-likeness (QED) is 0.475. The molecule has 2 rings (SSSR count). The third kappa shape index (κ3) is 1.66. The molecule has 0 unspecified atom stereocenters. The molecule has 0 radical (unpaired) electrons. The number of nitrogens with zero attached hydrogens (tertiary/aromatic N) is 2. The van der Waals surface area contributed by atoms with Crippen LogP contribution in [-0.4, -0.2) is 33.8 Å². The van der Waals surface area contributed by atoms with Crippen molar-refractivity contribution < 1.29 is 24.1 Å². The Morgan fingerprint density at radius 1 is 0.824 bits per heavy atom. The summed E-state index contributed by atoms with van der Waals surface area (Å²) in [5.74, 6) is -2.85. The number of hydrogen-bond donors (Lipinski definition) is 0. The molecule has 17 heavy (non-hydrogen) atoms. The molecule has 7 heteroatoms. The van der Waals surface area contributed by atoms with Crippen LogP contribution in [0.4, 0.5) is 0 Å². The second-order valence-electron chi connectivity index (χ2n) is 3.63. The third-order valence-electron chi connectivity index (χ3n) is 2.32. The number of hydroxylamine groups is 4. The molecule has 88 valence electrons. The van der Waals surface area contributed by atoms with Crippen molar-refractivity contribution in [3.63, 3.8) is 0 Å². The Bertz CT molecular complexity index is 449. The smallest absolute Gasteiger partial charge is 0.272 e. The summed E-state index contributed by atoms with van der Waals surface area (Å²) < 4.78 is 0. The van der Waals surface area contributed by atoms with Crippen molar-refractivity contribution in [2.75, 3.05) is 0 Å². The number of carbonyl (C=O) groups excluding carboxylic acids is 4. The van der Waals surface area contributed by atoms with Crippen molar-refractivity contribution in [2.24, 2.45) is 0 Å². The van der Waals surface area contributed by atoms with Crippen LogP contribution in [0.15, 0.2) is 24.3 Å². The summed E-state index contributed by atoms with van der Waals surface area (Å²) in [6, 6.07) is 0. The molecule has 0 aromatic rings. The van der Waals surface area contributed by atoms with Gasteiger partial charge in [0.2, 0.25) is 0 Å². The lowest BCUT2D eigenvalue weighted by Crippen LogP contribution is -2.41. The zero-order chi connectivity index (χ0) is 12.7. The molecule has 2 aliphatic rings. The minimum Gasteiger partial charge on any atom is -0.272 e. The fourth-order valence-corrected chi connectivity index (χ4v) is 1.42. The Balaban J connectivity index is 2.17. The van der Waals surface area contributed by atoms with Gasteiger partial charge in [0.05, 0.1) is 12.8 Å². The van der Waals surface area contributed by atoms with Crippen LogP contribution in [-0.2, 0) is 24.1 Å². The molecule has 0 saturated carbocycles. The molecule has 7 nitrogen and oxygen atoms in total. The number of rotatable bonds is 2. The van der Waals surface area contributed by atoms with E-state index in [0.29, 0.717) is 10.1 Å². The zero-order valence-corrected chi connectivity index (χ0v) is 8.76. The molecule has 0 bridgehead atoms. The highest BCUT2D eigenvalue weighted by Gasteiger charge is 2.41. The van der Waals surface area contributed by atoms with Crippen LogP contribution in [0.3, 0.4) is 0 Å². The summed E-state index contributed by atoms with van der Waals surface area (Å²) in [6.07, 6.45) is -0.369. The van der Waals surface area contributed by atoms with Crippen molar-refractivity contribution in [3.8, 4) is 0 Å². The first-order valence-corrected chi connectivity index (χ1v) is 4.70. The van der Waals surface area contributed by atoms with E-state index < -0.39 is 23.6 Å². The second kappa shape index (κ2) is 3.63. The summed E-state index contributed by atoms with van der Waals surface area (Å²) in [5, 5.41) is 0.716. The van der Waals surface area contributed by atoms with Crippen molar-refractivity contribution in [1.29, 1.82) is 0 Å². The van der Waals surface area contributed by atoms with Crippen molar-refractivity contribution in [3.05, 3.63) is 24.3 Å². The first kappa shape index (κ1) is 11.2. The molecule has 0 aromatic heterocycles. The maximum atomic E-state index is 11.4. The van der Waals surface area contributed by atoms with Gasteiger partial charge < -0.3 is 0 Å². The predicted molar refractivity (Wildman–Crippen MR) is 52.3 cm³/mol. The molecule has 2 fully saturated rings. The summed E-state index contributed by atoms with van der Waals surface area (Å²) in [5.41, 5.74) is 0.0980. The second-order valence-corrected chi connectivity index (χ2v) is 3.63. The van der Waals surface area contributed by atoms with Crippen LogP contribution in [0.2, 0.25) is 0 Å². The fourth-order valence-electron chi connectivity index (χ4n) is 1.42. The Hall–Kier alpha value is -2.28. The van der Waals surface area contributed by atoms with E-state index in [1.54, 1.807) is 0 Å². The standard InChI is InChI=1S/C10H8N2O5/c1-5-3-7(13)11(9(5)15)17-12-8(14)4-6(2)10(12)16/h1-4H2. The Labute approximate surface area is 95.8 Å². The first-order valence-electron chi connectivity index (χ1n) is 4.70.